The van der Waals surface area contributed by atoms with E-state index in [4.69, 9.17) is 17.3 Å². The van der Waals surface area contributed by atoms with Crippen molar-refractivity contribution >= 4 is 17.3 Å². The molecular weight excluding hydrogens is 288 g/mol. The second-order valence-electron chi connectivity index (χ2n) is 6.40. The van der Waals surface area contributed by atoms with Gasteiger partial charge in [-0.1, -0.05) is 25.4 Å². The van der Waals surface area contributed by atoms with E-state index >= 15 is 0 Å². The first-order valence-corrected chi connectivity index (χ1v) is 8.02. The Morgan fingerprint density at radius 1 is 1.43 bits per heavy atom. The van der Waals surface area contributed by atoms with E-state index in [2.05, 4.69) is 10.00 Å². The lowest BCUT2D eigenvalue weighted by Gasteiger charge is -2.35. The van der Waals surface area contributed by atoms with Crippen LogP contribution in [0.15, 0.2) is 11.0 Å². The number of nitrogens with zero attached hydrogens (tertiary/aromatic N) is 3. The van der Waals surface area contributed by atoms with Gasteiger partial charge < -0.3 is 10.6 Å². The maximum atomic E-state index is 12.3. The van der Waals surface area contributed by atoms with Crippen LogP contribution in [0.25, 0.3) is 0 Å². The van der Waals surface area contributed by atoms with E-state index in [1.165, 1.54) is 4.68 Å². The Morgan fingerprint density at radius 3 is 2.62 bits per heavy atom. The molecule has 1 aliphatic rings. The fourth-order valence-corrected chi connectivity index (χ4v) is 3.14. The van der Waals surface area contributed by atoms with Crippen LogP contribution >= 0.6 is 11.6 Å². The molecule has 0 unspecified atom stereocenters. The van der Waals surface area contributed by atoms with Crippen molar-refractivity contribution in [3.05, 3.63) is 21.6 Å². The number of aromatic nitrogens is 2. The van der Waals surface area contributed by atoms with Crippen molar-refractivity contribution in [1.82, 2.24) is 9.78 Å². The smallest absolute Gasteiger partial charge is 0.287 e. The van der Waals surface area contributed by atoms with Crippen molar-refractivity contribution in [2.75, 3.05) is 11.9 Å². The molecule has 0 aromatic carbocycles. The Morgan fingerprint density at radius 2 is 2.05 bits per heavy atom. The van der Waals surface area contributed by atoms with Gasteiger partial charge in [0.1, 0.15) is 5.02 Å². The quantitative estimate of drug-likeness (QED) is 0.926. The van der Waals surface area contributed by atoms with Crippen molar-refractivity contribution in [1.29, 1.82) is 0 Å². The molecule has 1 aromatic heterocycles. The summed E-state index contributed by atoms with van der Waals surface area (Å²) in [6.45, 7) is 4.68. The predicted molar refractivity (Wildman–Crippen MR) is 87.0 cm³/mol. The number of anilines is 1. The van der Waals surface area contributed by atoms with E-state index in [0.717, 1.165) is 31.4 Å². The van der Waals surface area contributed by atoms with E-state index in [9.17, 15) is 4.79 Å². The van der Waals surface area contributed by atoms with Gasteiger partial charge in [0.25, 0.3) is 5.56 Å². The lowest BCUT2D eigenvalue weighted by Crippen LogP contribution is -2.40. The van der Waals surface area contributed by atoms with E-state index in [0.29, 0.717) is 24.5 Å². The first-order chi connectivity index (χ1) is 9.90. The largest absolute Gasteiger partial charge is 0.369 e. The zero-order chi connectivity index (χ0) is 15.6. The highest BCUT2D eigenvalue weighted by Gasteiger charge is 2.24. The van der Waals surface area contributed by atoms with Crippen LogP contribution in [-0.2, 0) is 6.54 Å². The average Bonchev–Trinajstić information content (AvgIpc) is 2.44. The number of nitrogens with two attached hydrogens (primary N) is 1. The molecule has 1 fully saturated rings. The summed E-state index contributed by atoms with van der Waals surface area (Å²) in [6, 6.07) is 0.687. The minimum absolute atomic E-state index is 0.206. The van der Waals surface area contributed by atoms with E-state index < -0.39 is 0 Å². The Kier molecular flexibility index (Phi) is 5.27. The summed E-state index contributed by atoms with van der Waals surface area (Å²) in [5.74, 6) is 0.356. The van der Waals surface area contributed by atoms with Crippen LogP contribution in [0.5, 0.6) is 0 Å². The monoisotopic (exact) mass is 312 g/mol. The molecule has 21 heavy (non-hydrogen) atoms. The first kappa shape index (κ1) is 16.3. The van der Waals surface area contributed by atoms with Crippen LogP contribution in [-0.4, -0.2) is 28.9 Å². The second kappa shape index (κ2) is 6.79. The number of halogens is 1. The molecular formula is C15H25ClN4O. The predicted octanol–water partition coefficient (Wildman–Crippen LogP) is 2.26. The average molecular weight is 313 g/mol. The Balaban J connectivity index is 2.20. The third-order valence-electron chi connectivity index (χ3n) is 4.17. The number of rotatable bonds is 4. The SMILES string of the molecule is CC(C)Cn1ncc(N(C)C2CCC(N)CC2)c(Cl)c1=O. The highest BCUT2D eigenvalue weighted by atomic mass is 35.5. The van der Waals surface area contributed by atoms with E-state index in [1.807, 2.05) is 20.9 Å². The summed E-state index contributed by atoms with van der Waals surface area (Å²) in [4.78, 5) is 14.4. The Labute approximate surface area is 131 Å². The molecule has 0 bridgehead atoms. The summed E-state index contributed by atoms with van der Waals surface area (Å²) in [6.07, 6.45) is 5.81. The highest BCUT2D eigenvalue weighted by Crippen LogP contribution is 2.28. The Bertz CT molecular complexity index is 535. The molecule has 1 saturated carbocycles. The van der Waals surface area contributed by atoms with Gasteiger partial charge >= 0.3 is 0 Å². The molecule has 0 spiro atoms. The van der Waals surface area contributed by atoms with Crippen molar-refractivity contribution < 1.29 is 0 Å². The maximum absolute atomic E-state index is 12.3. The van der Waals surface area contributed by atoms with Crippen LogP contribution in [0.3, 0.4) is 0 Å². The topological polar surface area (TPSA) is 64.2 Å². The van der Waals surface area contributed by atoms with Crippen LogP contribution in [0.1, 0.15) is 39.5 Å². The molecule has 2 rings (SSSR count). The normalized spacial score (nSPS) is 22.6. The van der Waals surface area contributed by atoms with Crippen molar-refractivity contribution in [3.63, 3.8) is 0 Å². The van der Waals surface area contributed by atoms with Crippen LogP contribution in [0, 0.1) is 5.92 Å². The zero-order valence-corrected chi connectivity index (χ0v) is 13.8. The number of hydrogen-bond donors (Lipinski definition) is 1. The van der Waals surface area contributed by atoms with Gasteiger partial charge in [-0.25, -0.2) is 4.68 Å². The zero-order valence-electron chi connectivity index (χ0n) is 13.1. The molecule has 2 N–H and O–H groups in total. The molecule has 0 radical (unpaired) electrons. The molecule has 6 heteroatoms. The van der Waals surface area contributed by atoms with Gasteiger partial charge in [0.05, 0.1) is 11.9 Å². The van der Waals surface area contributed by atoms with Gasteiger partial charge in [0, 0.05) is 25.7 Å². The summed E-state index contributed by atoms with van der Waals surface area (Å²) < 4.78 is 1.45. The lowest BCUT2D eigenvalue weighted by atomic mass is 9.91. The molecule has 5 nitrogen and oxygen atoms in total. The summed E-state index contributed by atoms with van der Waals surface area (Å²) >= 11 is 6.28. The van der Waals surface area contributed by atoms with Crippen LogP contribution in [0.2, 0.25) is 5.02 Å². The molecule has 0 aliphatic heterocycles. The van der Waals surface area contributed by atoms with Gasteiger partial charge in [-0.15, -0.1) is 0 Å². The third-order valence-corrected chi connectivity index (χ3v) is 4.53. The minimum Gasteiger partial charge on any atom is -0.369 e. The second-order valence-corrected chi connectivity index (χ2v) is 6.78. The maximum Gasteiger partial charge on any atom is 0.287 e. The summed E-state index contributed by atoms with van der Waals surface area (Å²) in [7, 11) is 1.98. The van der Waals surface area contributed by atoms with Gasteiger partial charge in [-0.2, -0.15) is 5.10 Å². The minimum atomic E-state index is -0.206. The highest BCUT2D eigenvalue weighted by molar-refractivity contribution is 6.33. The number of hydrogen-bond acceptors (Lipinski definition) is 4. The third kappa shape index (κ3) is 3.77. The molecule has 1 aromatic rings. The summed E-state index contributed by atoms with van der Waals surface area (Å²) in [5, 5.41) is 4.53. The molecule has 1 heterocycles. The Hall–Kier alpha value is -1.07. The van der Waals surface area contributed by atoms with Gasteiger partial charge in [0.15, 0.2) is 0 Å². The molecule has 118 valence electrons. The van der Waals surface area contributed by atoms with Gasteiger partial charge in [-0.3, -0.25) is 4.79 Å². The van der Waals surface area contributed by atoms with Gasteiger partial charge in [-0.05, 0) is 31.6 Å². The van der Waals surface area contributed by atoms with E-state index in [1.54, 1.807) is 6.20 Å². The van der Waals surface area contributed by atoms with Crippen LogP contribution < -0.4 is 16.2 Å². The van der Waals surface area contributed by atoms with Crippen LogP contribution in [0.4, 0.5) is 5.69 Å². The fraction of sp³-hybridized carbons (Fsp3) is 0.733. The molecule has 1 aliphatic carbocycles. The molecule has 0 saturated heterocycles. The van der Waals surface area contributed by atoms with Crippen molar-refractivity contribution in [2.45, 2.75) is 58.2 Å². The fourth-order valence-electron chi connectivity index (χ4n) is 2.86. The summed E-state index contributed by atoms with van der Waals surface area (Å²) in [5.41, 5.74) is 6.46. The first-order valence-electron chi connectivity index (χ1n) is 7.64. The molecule has 0 amide bonds. The molecule has 0 atom stereocenters. The lowest BCUT2D eigenvalue weighted by molar-refractivity contribution is 0.384. The van der Waals surface area contributed by atoms with Gasteiger partial charge in [0.2, 0.25) is 0 Å². The van der Waals surface area contributed by atoms with E-state index in [-0.39, 0.29) is 10.6 Å². The van der Waals surface area contributed by atoms with Crippen molar-refractivity contribution in [3.8, 4) is 0 Å². The van der Waals surface area contributed by atoms with Crippen molar-refractivity contribution in [2.24, 2.45) is 11.7 Å². The standard InChI is InChI=1S/C15H25ClN4O/c1-10(2)9-20-15(21)14(16)13(8-18-20)19(3)12-6-4-11(17)5-7-12/h8,10-12H,4-7,9,17H2,1-3H3.